The van der Waals surface area contributed by atoms with Crippen LogP contribution in [0.1, 0.15) is 6.92 Å². The highest BCUT2D eigenvalue weighted by atomic mass is 32.2. The van der Waals surface area contributed by atoms with E-state index in [2.05, 4.69) is 9.71 Å². The Morgan fingerprint density at radius 3 is 2.11 bits per heavy atom. The fourth-order valence-corrected chi connectivity index (χ4v) is 0.804. The third kappa shape index (κ3) is 2.11. The molecule has 0 aliphatic rings. The lowest BCUT2D eigenvalue weighted by atomic mass is 10.9. The molecule has 0 unspecified atom stereocenters. The predicted octanol–water partition coefficient (Wildman–Crippen LogP) is -0.416. The van der Waals surface area contributed by atoms with E-state index in [9.17, 15) is 8.42 Å². The summed E-state index contributed by atoms with van der Waals surface area (Å²) in [4.78, 5) is 3.50. The lowest BCUT2D eigenvalue weighted by Gasteiger charge is -1.97. The van der Waals surface area contributed by atoms with Crippen molar-refractivity contribution in [2.24, 2.45) is 4.99 Å². The average molecular weight is 150 g/mol. The van der Waals surface area contributed by atoms with Gasteiger partial charge in [-0.1, -0.05) is 0 Å². The molecule has 0 spiro atoms. The molecule has 0 atom stereocenters. The van der Waals surface area contributed by atoms with Crippen LogP contribution >= 0.6 is 0 Å². The van der Waals surface area contributed by atoms with Gasteiger partial charge in [-0.05, 0) is 14.0 Å². The maximum Gasteiger partial charge on any atom is 0.253 e. The van der Waals surface area contributed by atoms with Crippen molar-refractivity contribution >= 4 is 15.1 Å². The molecule has 0 rings (SSSR count). The van der Waals surface area contributed by atoms with Gasteiger partial charge in [0.1, 0.15) is 5.04 Å². The van der Waals surface area contributed by atoms with Crippen molar-refractivity contribution in [2.45, 2.75) is 6.92 Å². The Labute approximate surface area is 55.0 Å². The van der Waals surface area contributed by atoms with E-state index >= 15 is 0 Å². The van der Waals surface area contributed by atoms with Crippen molar-refractivity contribution < 1.29 is 8.42 Å². The van der Waals surface area contributed by atoms with Crippen molar-refractivity contribution in [3.05, 3.63) is 0 Å². The van der Waals surface area contributed by atoms with Gasteiger partial charge in [0, 0.05) is 7.05 Å². The van der Waals surface area contributed by atoms with Gasteiger partial charge in [-0.15, -0.1) is 0 Å². The van der Waals surface area contributed by atoms with Crippen LogP contribution in [0.5, 0.6) is 0 Å². The standard InChI is InChI=1S/C4H10N2O2S/c1-4(5-2)9(7,8)6-3/h6H,1-3H3. The number of nitrogens with zero attached hydrogens (tertiary/aromatic N) is 1. The van der Waals surface area contributed by atoms with Crippen LogP contribution in [0.25, 0.3) is 0 Å². The second kappa shape index (κ2) is 2.93. The zero-order valence-electron chi connectivity index (χ0n) is 5.67. The first-order chi connectivity index (χ1) is 4.04. The Balaban J connectivity index is 4.57. The first-order valence-electron chi connectivity index (χ1n) is 2.41. The maximum atomic E-state index is 10.7. The minimum absolute atomic E-state index is 0.102. The fourth-order valence-electron chi connectivity index (χ4n) is 0.268. The highest BCUT2D eigenvalue weighted by Gasteiger charge is 2.08. The van der Waals surface area contributed by atoms with Crippen molar-refractivity contribution in [1.82, 2.24) is 4.72 Å². The monoisotopic (exact) mass is 150 g/mol. The molecule has 4 nitrogen and oxygen atoms in total. The van der Waals surface area contributed by atoms with Crippen LogP contribution in [0.3, 0.4) is 0 Å². The summed E-state index contributed by atoms with van der Waals surface area (Å²) in [5, 5.41) is 0.102. The second-order valence-corrected chi connectivity index (χ2v) is 3.46. The molecule has 9 heavy (non-hydrogen) atoms. The summed E-state index contributed by atoms with van der Waals surface area (Å²) >= 11 is 0. The van der Waals surface area contributed by atoms with E-state index in [-0.39, 0.29) is 5.04 Å². The van der Waals surface area contributed by atoms with Gasteiger partial charge in [0.25, 0.3) is 10.0 Å². The highest BCUT2D eigenvalue weighted by molar-refractivity contribution is 8.04. The molecule has 0 fully saturated rings. The minimum Gasteiger partial charge on any atom is -0.280 e. The normalized spacial score (nSPS) is 13.9. The molecular formula is C4H10N2O2S. The molecule has 54 valence electrons. The van der Waals surface area contributed by atoms with Gasteiger partial charge >= 0.3 is 0 Å². The Kier molecular flexibility index (Phi) is 2.80. The predicted molar refractivity (Wildman–Crippen MR) is 37.0 cm³/mol. The summed E-state index contributed by atoms with van der Waals surface area (Å²) in [6, 6.07) is 0. The lowest BCUT2D eigenvalue weighted by Crippen LogP contribution is -2.25. The van der Waals surface area contributed by atoms with Gasteiger partial charge in [-0.2, -0.15) is 0 Å². The highest BCUT2D eigenvalue weighted by Crippen LogP contribution is 1.85. The van der Waals surface area contributed by atoms with E-state index < -0.39 is 10.0 Å². The summed E-state index contributed by atoms with van der Waals surface area (Å²) in [6.07, 6.45) is 0. The first kappa shape index (κ1) is 8.58. The molecule has 0 saturated heterocycles. The molecule has 0 aliphatic carbocycles. The van der Waals surface area contributed by atoms with Crippen LogP contribution in [0.15, 0.2) is 4.99 Å². The van der Waals surface area contributed by atoms with E-state index in [0.717, 1.165) is 0 Å². The van der Waals surface area contributed by atoms with Gasteiger partial charge in [-0.25, -0.2) is 13.1 Å². The number of sulfonamides is 1. The quantitative estimate of drug-likeness (QED) is 0.408. The Hall–Kier alpha value is -0.420. The zero-order chi connectivity index (χ0) is 7.49. The summed E-state index contributed by atoms with van der Waals surface area (Å²) in [7, 11) is -0.462. The smallest absolute Gasteiger partial charge is 0.253 e. The third-order valence-corrected chi connectivity index (χ3v) is 2.47. The number of nitrogens with one attached hydrogen (secondary N) is 1. The first-order valence-corrected chi connectivity index (χ1v) is 3.90. The Morgan fingerprint density at radius 2 is 2.00 bits per heavy atom. The summed E-state index contributed by atoms with van der Waals surface area (Å²) < 4.78 is 23.5. The summed E-state index contributed by atoms with van der Waals surface area (Å²) in [5.41, 5.74) is 0. The molecule has 1 N–H and O–H groups in total. The number of hydrogen-bond donors (Lipinski definition) is 1. The molecule has 5 heteroatoms. The second-order valence-electron chi connectivity index (χ2n) is 1.45. The van der Waals surface area contributed by atoms with Crippen LogP contribution in [0, 0.1) is 0 Å². The third-order valence-electron chi connectivity index (χ3n) is 0.973. The zero-order valence-corrected chi connectivity index (χ0v) is 6.49. The van der Waals surface area contributed by atoms with E-state index in [1.54, 1.807) is 0 Å². The molecule has 0 aromatic heterocycles. The molecule has 0 aromatic rings. The van der Waals surface area contributed by atoms with E-state index in [1.807, 2.05) is 0 Å². The van der Waals surface area contributed by atoms with Crippen LogP contribution in [0.2, 0.25) is 0 Å². The topological polar surface area (TPSA) is 58.5 Å². The maximum absolute atomic E-state index is 10.7. The van der Waals surface area contributed by atoms with Crippen LogP contribution in [-0.4, -0.2) is 27.6 Å². The molecule has 0 aliphatic heterocycles. The Bertz CT molecular complexity index is 205. The lowest BCUT2D eigenvalue weighted by molar-refractivity contribution is 0.599. The van der Waals surface area contributed by atoms with Gasteiger partial charge < -0.3 is 0 Å². The summed E-state index contributed by atoms with van der Waals surface area (Å²) in [6.45, 7) is 1.44. The molecule has 0 saturated carbocycles. The molecule has 0 radical (unpaired) electrons. The minimum atomic E-state index is -3.25. The van der Waals surface area contributed by atoms with Crippen LogP contribution in [0.4, 0.5) is 0 Å². The van der Waals surface area contributed by atoms with E-state index in [4.69, 9.17) is 0 Å². The van der Waals surface area contributed by atoms with E-state index in [1.165, 1.54) is 21.0 Å². The van der Waals surface area contributed by atoms with Gasteiger partial charge in [0.2, 0.25) is 0 Å². The molecule has 0 heterocycles. The number of hydrogen-bond acceptors (Lipinski definition) is 3. The Morgan fingerprint density at radius 1 is 1.56 bits per heavy atom. The van der Waals surface area contributed by atoms with Gasteiger partial charge in [-0.3, -0.25) is 4.99 Å². The largest absolute Gasteiger partial charge is 0.280 e. The average Bonchev–Trinajstić information content (AvgIpc) is 1.86. The summed E-state index contributed by atoms with van der Waals surface area (Å²) in [5.74, 6) is 0. The van der Waals surface area contributed by atoms with Gasteiger partial charge in [0.15, 0.2) is 0 Å². The van der Waals surface area contributed by atoms with E-state index in [0.29, 0.717) is 0 Å². The van der Waals surface area contributed by atoms with Gasteiger partial charge in [0.05, 0.1) is 0 Å². The van der Waals surface area contributed by atoms with Crippen LogP contribution in [-0.2, 0) is 10.0 Å². The molecule has 0 aromatic carbocycles. The van der Waals surface area contributed by atoms with Crippen molar-refractivity contribution in [2.75, 3.05) is 14.1 Å². The molecule has 0 bridgehead atoms. The van der Waals surface area contributed by atoms with Crippen LogP contribution < -0.4 is 4.72 Å². The van der Waals surface area contributed by atoms with Crippen molar-refractivity contribution in [1.29, 1.82) is 0 Å². The SMILES string of the molecule is CN=C(C)S(=O)(=O)NC. The number of rotatable bonds is 1. The van der Waals surface area contributed by atoms with Crippen molar-refractivity contribution in [3.8, 4) is 0 Å². The van der Waals surface area contributed by atoms with Crippen molar-refractivity contribution in [3.63, 3.8) is 0 Å². The fraction of sp³-hybridized carbons (Fsp3) is 0.750. The molecular weight excluding hydrogens is 140 g/mol. The molecule has 0 amide bonds. The number of aliphatic imine (C=N–C) groups is 1.